The molecule has 3 heterocycles. The van der Waals surface area contributed by atoms with Crippen molar-refractivity contribution in [1.82, 2.24) is 5.06 Å². The Morgan fingerprint density at radius 1 is 0.869 bits per heavy atom. The number of hydrogen-bond donors (Lipinski definition) is 4. The molecule has 2 amide bonds. The second kappa shape index (κ2) is 19.4. The Bertz CT molecular complexity index is 2620. The van der Waals surface area contributed by atoms with Gasteiger partial charge in [-0.05, 0) is 68.2 Å². The van der Waals surface area contributed by atoms with Crippen molar-refractivity contribution in [2.24, 2.45) is 0 Å². The molecule has 1 fully saturated rings. The average Bonchev–Trinajstić information content (AvgIpc) is 3.77. The van der Waals surface area contributed by atoms with Crippen molar-refractivity contribution in [1.29, 1.82) is 0 Å². The van der Waals surface area contributed by atoms with E-state index in [9.17, 15) is 58.1 Å². The number of carbonyl (C=O) groups excluding carboxylic acids is 4. The molecule has 4 N–H and O–H groups in total. The molecule has 19 nitrogen and oxygen atoms in total. The number of anilines is 1. The molecular weight excluding hydrogens is 883 g/mol. The second-order valence-corrected chi connectivity index (χ2v) is 20.1. The van der Waals surface area contributed by atoms with Crippen LogP contribution in [0.25, 0.3) is 16.3 Å². The summed E-state index contributed by atoms with van der Waals surface area (Å²) in [5.41, 5.74) is 1.42. The number of allylic oxidation sites excluding steroid dienone is 5. The molecule has 3 aromatic rings. The highest BCUT2D eigenvalue weighted by Gasteiger charge is 2.43. The van der Waals surface area contributed by atoms with Gasteiger partial charge in [-0.3, -0.25) is 28.1 Å². The van der Waals surface area contributed by atoms with Crippen molar-refractivity contribution in [3.05, 3.63) is 82.5 Å². The highest BCUT2D eigenvalue weighted by atomic mass is 32.2. The molecule has 1 atom stereocenters. The zero-order valence-electron chi connectivity index (χ0n) is 32.7. The molecule has 0 aliphatic carbocycles. The molecule has 2 aliphatic heterocycles. The van der Waals surface area contributed by atoms with E-state index in [-0.39, 0.29) is 55.7 Å². The summed E-state index contributed by atoms with van der Waals surface area (Å²) in [7, 11) is -13.2. The topological polar surface area (TPSA) is 280 Å². The number of hydroxylamine groups is 2. The fourth-order valence-electron chi connectivity index (χ4n) is 7.22. The predicted octanol–water partition coefficient (Wildman–Crippen LogP) is 4.41. The van der Waals surface area contributed by atoms with Crippen molar-refractivity contribution in [2.75, 3.05) is 23.0 Å². The van der Waals surface area contributed by atoms with E-state index in [1.165, 1.54) is 41.7 Å². The summed E-state index contributed by atoms with van der Waals surface area (Å²) in [6.45, 7) is 2.11. The Balaban J connectivity index is 1.44. The Morgan fingerprint density at radius 2 is 1.56 bits per heavy atom. The van der Waals surface area contributed by atoms with Crippen LogP contribution in [-0.4, -0.2) is 91.0 Å². The van der Waals surface area contributed by atoms with Gasteiger partial charge in [-0.1, -0.05) is 42.4 Å². The number of unbranched alkanes of at least 4 members (excludes halogenated alkanes) is 2. The normalized spacial score (nSPS) is 18.0. The van der Waals surface area contributed by atoms with Gasteiger partial charge in [0.1, 0.15) is 4.70 Å². The van der Waals surface area contributed by atoms with Gasteiger partial charge in [0.05, 0.1) is 22.0 Å². The Labute approximate surface area is 355 Å². The van der Waals surface area contributed by atoms with E-state index in [1.807, 2.05) is 6.92 Å². The number of amides is 2. The molecule has 0 spiro atoms. The third-order valence-corrected chi connectivity index (χ3v) is 13.7. The van der Waals surface area contributed by atoms with E-state index in [2.05, 4.69) is 4.89 Å². The van der Waals surface area contributed by atoms with Crippen LogP contribution in [0.1, 0.15) is 85.6 Å². The van der Waals surface area contributed by atoms with E-state index in [0.717, 1.165) is 0 Å². The van der Waals surface area contributed by atoms with Crippen LogP contribution in [0.2, 0.25) is 0 Å². The van der Waals surface area contributed by atoms with Crippen molar-refractivity contribution >= 4 is 87.4 Å². The molecule has 2 aromatic carbocycles. The van der Waals surface area contributed by atoms with Crippen LogP contribution in [0.15, 0.2) is 71.3 Å². The fourth-order valence-corrected chi connectivity index (χ4v) is 9.86. The van der Waals surface area contributed by atoms with E-state index >= 15 is 0 Å². The van der Waals surface area contributed by atoms with Crippen LogP contribution in [0.4, 0.5) is 5.69 Å². The quantitative estimate of drug-likeness (QED) is 0.0232. The maximum atomic E-state index is 12.4. The standard InChI is InChI=1S/C38H43N3O16S4/c1-38(19-7-3-6-12-36(44)56-41-33(42)17-18-34(41)43)28-25-27(61(53,54)55)14-16-29(28)39(20-8-22-59(47,48)49)32(38)10-4-2-5-11-35-40(21-9-23-60(50,51)52)30-15-13-26(37(45)57-46)24-31(30)58-35/h2,4-5,10-11,13-16,24-25H,3,6-9,12,17-23H2,1H3,(H3-,46,47,48,49,50,51,52,53,54,55)/p+1. The fraction of sp³-hybridized carbons (Fsp3) is 0.395. The van der Waals surface area contributed by atoms with E-state index in [4.69, 9.17) is 10.1 Å². The van der Waals surface area contributed by atoms with Gasteiger partial charge >= 0.3 is 11.9 Å². The van der Waals surface area contributed by atoms with E-state index < -0.39 is 71.0 Å². The molecule has 5 rings (SSSR count). The van der Waals surface area contributed by atoms with Crippen molar-refractivity contribution in [3.8, 4) is 0 Å². The highest BCUT2D eigenvalue weighted by molar-refractivity contribution is 7.86. The van der Waals surface area contributed by atoms with E-state index in [0.29, 0.717) is 62.9 Å². The van der Waals surface area contributed by atoms with Gasteiger partial charge in [0, 0.05) is 61.2 Å². The van der Waals surface area contributed by atoms with Gasteiger partial charge in [0.15, 0.2) is 6.54 Å². The first-order chi connectivity index (χ1) is 28.6. The van der Waals surface area contributed by atoms with Crippen LogP contribution in [0.3, 0.4) is 0 Å². The first-order valence-electron chi connectivity index (χ1n) is 18.9. The smallest absolute Gasteiger partial charge is 0.344 e. The molecule has 2 aliphatic rings. The maximum Gasteiger partial charge on any atom is 0.372 e. The van der Waals surface area contributed by atoms with Gasteiger partial charge < -0.3 is 9.74 Å². The predicted molar refractivity (Wildman–Crippen MR) is 220 cm³/mol. The largest absolute Gasteiger partial charge is 0.372 e. The van der Waals surface area contributed by atoms with Crippen LogP contribution < -0.4 is 9.47 Å². The summed E-state index contributed by atoms with van der Waals surface area (Å²) in [5.74, 6) is -3.97. The average molecular weight is 927 g/mol. The Morgan fingerprint density at radius 3 is 2.21 bits per heavy atom. The summed E-state index contributed by atoms with van der Waals surface area (Å²) in [4.78, 5) is 58.2. The lowest BCUT2D eigenvalue weighted by Crippen LogP contribution is -2.36. The minimum absolute atomic E-state index is 0.0131. The number of carbonyl (C=O) groups is 4. The maximum absolute atomic E-state index is 12.4. The molecule has 1 unspecified atom stereocenters. The van der Waals surface area contributed by atoms with Gasteiger partial charge in [0.2, 0.25) is 5.52 Å². The molecule has 23 heteroatoms. The van der Waals surface area contributed by atoms with Gasteiger partial charge in [-0.2, -0.15) is 35.1 Å². The summed E-state index contributed by atoms with van der Waals surface area (Å²) < 4.78 is 102. The van der Waals surface area contributed by atoms with Crippen molar-refractivity contribution in [3.63, 3.8) is 0 Å². The Kier molecular flexibility index (Phi) is 15.0. The van der Waals surface area contributed by atoms with Gasteiger partial charge in [-0.15, -0.1) is 5.06 Å². The lowest BCUT2D eigenvalue weighted by Gasteiger charge is -2.30. The molecule has 61 heavy (non-hydrogen) atoms. The monoisotopic (exact) mass is 926 g/mol. The van der Waals surface area contributed by atoms with E-state index in [1.54, 1.807) is 45.9 Å². The third-order valence-electron chi connectivity index (χ3n) is 10.1. The van der Waals surface area contributed by atoms with Crippen LogP contribution in [0.5, 0.6) is 0 Å². The zero-order chi connectivity index (χ0) is 44.8. The summed E-state index contributed by atoms with van der Waals surface area (Å²) >= 11 is 1.25. The number of aromatic nitrogens is 1. The molecule has 0 bridgehead atoms. The van der Waals surface area contributed by atoms with Gasteiger partial charge in [-0.25, -0.2) is 9.59 Å². The number of hydrogen-bond acceptors (Lipinski definition) is 15. The summed E-state index contributed by atoms with van der Waals surface area (Å²) in [6, 6.07) is 8.61. The number of fused-ring (bicyclic) bond motifs is 2. The van der Waals surface area contributed by atoms with Crippen LogP contribution in [-0.2, 0) is 66.4 Å². The van der Waals surface area contributed by atoms with Crippen molar-refractivity contribution < 1.29 is 77.6 Å². The first-order valence-corrected chi connectivity index (χ1v) is 24.3. The molecule has 0 radical (unpaired) electrons. The highest BCUT2D eigenvalue weighted by Crippen LogP contribution is 2.51. The van der Waals surface area contributed by atoms with Crippen molar-refractivity contribution in [2.45, 2.75) is 81.6 Å². The number of imide groups is 1. The van der Waals surface area contributed by atoms with Crippen LogP contribution >= 0.6 is 11.3 Å². The SMILES string of the molecule is CC1(CCCCCC(=O)ON2C(=O)CCC2=O)/C(=C/C=C/C=C/c2sc3cc(C(=O)OO)ccc3[n+]2CCCS(=O)(=O)O)N(CCCS(=O)(=O)O)c2ccc(S(=O)(=O)O)cc21. The molecule has 0 saturated carbocycles. The lowest BCUT2D eigenvalue weighted by molar-refractivity contribution is -0.668. The first kappa shape index (κ1) is 47.2. The minimum atomic E-state index is -4.64. The number of benzene rings is 2. The second-order valence-electron chi connectivity index (χ2n) is 14.5. The lowest BCUT2D eigenvalue weighted by atomic mass is 9.77. The molecule has 1 saturated heterocycles. The summed E-state index contributed by atoms with van der Waals surface area (Å²) in [5, 5.41) is 9.96. The molecule has 330 valence electrons. The zero-order valence-corrected chi connectivity index (χ0v) is 36.0. The number of aryl methyl sites for hydroxylation is 1. The third kappa shape index (κ3) is 12.2. The summed E-state index contributed by atoms with van der Waals surface area (Å²) in [6.07, 6.45) is 10.1. The molecule has 1 aromatic heterocycles. The minimum Gasteiger partial charge on any atom is -0.344 e. The van der Waals surface area contributed by atoms with Gasteiger partial charge in [0.25, 0.3) is 47.2 Å². The number of thiazole rings is 1. The Hall–Kier alpha value is -4.88. The molecular formula is C38H44N3O16S4+. The van der Waals surface area contributed by atoms with Crippen LogP contribution in [0, 0.1) is 0 Å². The number of nitrogens with zero attached hydrogens (tertiary/aromatic N) is 3. The number of rotatable bonds is 20.